The first kappa shape index (κ1) is 21.3. The number of aromatic nitrogens is 3. The van der Waals surface area contributed by atoms with E-state index in [-0.39, 0.29) is 23.9 Å². The van der Waals surface area contributed by atoms with E-state index in [1.165, 1.54) is 0 Å². The fraction of sp³-hybridized carbons (Fsp3) is 0.200. The molecule has 1 aromatic heterocycles. The van der Waals surface area contributed by atoms with Crippen molar-refractivity contribution < 1.29 is 19.1 Å². The topological polar surface area (TPSA) is 132 Å². The van der Waals surface area contributed by atoms with E-state index in [4.69, 9.17) is 15.2 Å². The van der Waals surface area contributed by atoms with Gasteiger partial charge in [-0.1, -0.05) is 18.2 Å². The number of anilines is 1. The zero-order chi connectivity index (χ0) is 21.7. The number of benzene rings is 2. The first-order valence-corrected chi connectivity index (χ1v) is 9.85. The molecule has 9 nitrogen and oxygen atoms in total. The fourth-order valence-corrected chi connectivity index (χ4v) is 3.31. The number of H-pyrrole nitrogens is 1. The lowest BCUT2D eigenvalue weighted by atomic mass is 10.1. The zero-order valence-electron chi connectivity index (χ0n) is 16.4. The van der Waals surface area contributed by atoms with Crippen LogP contribution in [0.5, 0.6) is 11.5 Å². The first-order chi connectivity index (χ1) is 14.4. The molecule has 10 heteroatoms. The number of nitrogens with two attached hydrogens (primary N) is 1. The molecule has 0 aliphatic carbocycles. The van der Waals surface area contributed by atoms with Crippen LogP contribution in [0.1, 0.15) is 23.0 Å². The number of rotatable bonds is 8. The SMILES string of the molecule is CCOc1cc(-c2n[nH]nc2C(N)=O)cc(Br)c1OCC(=O)Nc1ccccc1C. The summed E-state index contributed by atoms with van der Waals surface area (Å²) < 4.78 is 11.9. The molecule has 0 aliphatic heterocycles. The smallest absolute Gasteiger partial charge is 0.271 e. The van der Waals surface area contributed by atoms with E-state index >= 15 is 0 Å². The Bertz CT molecular complexity index is 1080. The Morgan fingerprint density at radius 3 is 2.67 bits per heavy atom. The molecule has 156 valence electrons. The molecule has 0 fully saturated rings. The highest BCUT2D eigenvalue weighted by Crippen LogP contribution is 2.40. The number of aromatic amines is 1. The van der Waals surface area contributed by atoms with Crippen molar-refractivity contribution in [2.75, 3.05) is 18.5 Å². The van der Waals surface area contributed by atoms with Crippen LogP contribution in [-0.4, -0.2) is 40.4 Å². The van der Waals surface area contributed by atoms with Crippen molar-refractivity contribution in [3.63, 3.8) is 0 Å². The standard InChI is InChI=1S/C20H20BrN5O4/c1-3-29-15-9-12(17-18(20(22)28)25-26-24-17)8-13(21)19(15)30-10-16(27)23-14-7-5-4-6-11(14)2/h4-9H,3,10H2,1-2H3,(H2,22,28)(H,23,27)(H,24,25,26). The molecule has 1 heterocycles. The molecular weight excluding hydrogens is 454 g/mol. The quantitative estimate of drug-likeness (QED) is 0.460. The van der Waals surface area contributed by atoms with Gasteiger partial charge >= 0.3 is 0 Å². The molecule has 0 saturated heterocycles. The number of nitrogens with one attached hydrogen (secondary N) is 2. The van der Waals surface area contributed by atoms with Gasteiger partial charge < -0.3 is 20.5 Å². The van der Waals surface area contributed by atoms with E-state index in [2.05, 4.69) is 36.7 Å². The molecule has 3 rings (SSSR count). The van der Waals surface area contributed by atoms with Crippen molar-refractivity contribution >= 4 is 33.4 Å². The summed E-state index contributed by atoms with van der Waals surface area (Å²) in [4.78, 5) is 23.9. The number of ether oxygens (including phenoxy) is 2. The van der Waals surface area contributed by atoms with Crippen molar-refractivity contribution in [2.24, 2.45) is 5.73 Å². The number of para-hydroxylation sites is 1. The predicted molar refractivity (Wildman–Crippen MR) is 115 cm³/mol. The molecule has 0 saturated carbocycles. The molecule has 0 radical (unpaired) electrons. The Kier molecular flexibility index (Phi) is 6.68. The van der Waals surface area contributed by atoms with Crippen LogP contribution in [0.3, 0.4) is 0 Å². The number of nitrogens with zero attached hydrogens (tertiary/aromatic N) is 2. The van der Waals surface area contributed by atoms with Gasteiger partial charge in [0.15, 0.2) is 23.8 Å². The summed E-state index contributed by atoms with van der Waals surface area (Å²) >= 11 is 3.43. The number of halogens is 1. The maximum absolute atomic E-state index is 12.3. The Morgan fingerprint density at radius 2 is 1.97 bits per heavy atom. The van der Waals surface area contributed by atoms with Crippen LogP contribution >= 0.6 is 15.9 Å². The van der Waals surface area contributed by atoms with E-state index in [9.17, 15) is 9.59 Å². The Balaban J connectivity index is 1.82. The van der Waals surface area contributed by atoms with Crippen molar-refractivity contribution in [3.05, 3.63) is 52.1 Å². The van der Waals surface area contributed by atoms with Crippen molar-refractivity contribution in [1.82, 2.24) is 15.4 Å². The van der Waals surface area contributed by atoms with Crippen molar-refractivity contribution in [2.45, 2.75) is 13.8 Å². The van der Waals surface area contributed by atoms with Crippen LogP contribution in [0.15, 0.2) is 40.9 Å². The second-order valence-corrected chi connectivity index (χ2v) is 7.11. The third-order valence-corrected chi connectivity index (χ3v) is 4.72. The van der Waals surface area contributed by atoms with E-state index in [1.54, 1.807) is 12.1 Å². The van der Waals surface area contributed by atoms with Gasteiger partial charge in [0.25, 0.3) is 11.8 Å². The highest BCUT2D eigenvalue weighted by Gasteiger charge is 2.20. The van der Waals surface area contributed by atoms with E-state index in [1.807, 2.05) is 38.1 Å². The number of aryl methyl sites for hydroxylation is 1. The van der Waals surface area contributed by atoms with Crippen molar-refractivity contribution in [1.29, 1.82) is 0 Å². The molecule has 0 spiro atoms. The number of carbonyl (C=O) groups excluding carboxylic acids is 2. The van der Waals surface area contributed by atoms with Crippen LogP contribution < -0.4 is 20.5 Å². The van der Waals surface area contributed by atoms with Gasteiger partial charge in [-0.15, -0.1) is 0 Å². The average molecular weight is 474 g/mol. The summed E-state index contributed by atoms with van der Waals surface area (Å²) in [5.74, 6) is -0.287. The third-order valence-electron chi connectivity index (χ3n) is 4.13. The summed E-state index contributed by atoms with van der Waals surface area (Å²) in [5, 5.41) is 13.0. The van der Waals surface area contributed by atoms with Crippen LogP contribution in [0.25, 0.3) is 11.3 Å². The summed E-state index contributed by atoms with van der Waals surface area (Å²) in [7, 11) is 0. The second kappa shape index (κ2) is 9.40. The molecule has 0 bridgehead atoms. The largest absolute Gasteiger partial charge is 0.490 e. The molecule has 2 aromatic carbocycles. The third kappa shape index (κ3) is 4.77. The highest BCUT2D eigenvalue weighted by atomic mass is 79.9. The molecule has 2 amide bonds. The van der Waals surface area contributed by atoms with Crippen LogP contribution in [-0.2, 0) is 4.79 Å². The average Bonchev–Trinajstić information content (AvgIpc) is 3.19. The summed E-state index contributed by atoms with van der Waals surface area (Å²) in [6.07, 6.45) is 0. The normalized spacial score (nSPS) is 10.5. The van der Waals surface area contributed by atoms with Gasteiger partial charge in [0.2, 0.25) is 0 Å². The number of primary amides is 1. The minimum absolute atomic E-state index is 0.00984. The van der Waals surface area contributed by atoms with Crippen molar-refractivity contribution in [3.8, 4) is 22.8 Å². The minimum Gasteiger partial charge on any atom is -0.490 e. The van der Waals surface area contributed by atoms with E-state index < -0.39 is 5.91 Å². The highest BCUT2D eigenvalue weighted by molar-refractivity contribution is 9.10. The molecule has 3 aromatic rings. The fourth-order valence-electron chi connectivity index (χ4n) is 2.75. The van der Waals surface area contributed by atoms with Gasteiger partial charge in [-0.25, -0.2) is 0 Å². The molecule has 0 unspecified atom stereocenters. The van der Waals surface area contributed by atoms with Crippen LogP contribution in [0.2, 0.25) is 0 Å². The van der Waals surface area contributed by atoms with Gasteiger partial charge in [-0.3, -0.25) is 9.59 Å². The van der Waals surface area contributed by atoms with E-state index in [0.717, 1.165) is 11.3 Å². The van der Waals surface area contributed by atoms with Gasteiger partial charge in [0.1, 0.15) is 5.69 Å². The van der Waals surface area contributed by atoms with Crippen LogP contribution in [0, 0.1) is 6.92 Å². The Labute approximate surface area is 181 Å². The monoisotopic (exact) mass is 473 g/mol. The molecule has 0 aliphatic rings. The maximum atomic E-state index is 12.3. The lowest BCUT2D eigenvalue weighted by molar-refractivity contribution is -0.118. The van der Waals surface area contributed by atoms with Gasteiger partial charge in [-0.05, 0) is 53.5 Å². The Hall–Kier alpha value is -3.40. The molecular formula is C20H20BrN5O4. The minimum atomic E-state index is -0.707. The van der Waals surface area contributed by atoms with Gasteiger partial charge in [0.05, 0.1) is 11.1 Å². The second-order valence-electron chi connectivity index (χ2n) is 6.26. The van der Waals surface area contributed by atoms with Gasteiger partial charge in [-0.2, -0.15) is 15.4 Å². The molecule has 4 N–H and O–H groups in total. The maximum Gasteiger partial charge on any atom is 0.271 e. The lowest BCUT2D eigenvalue weighted by Crippen LogP contribution is -2.21. The number of amides is 2. The number of hydrogen-bond acceptors (Lipinski definition) is 6. The lowest BCUT2D eigenvalue weighted by Gasteiger charge is -2.15. The summed E-state index contributed by atoms with van der Waals surface area (Å²) in [6, 6.07) is 10.8. The Morgan fingerprint density at radius 1 is 1.20 bits per heavy atom. The summed E-state index contributed by atoms with van der Waals surface area (Å²) in [6.45, 7) is 3.87. The molecule has 30 heavy (non-hydrogen) atoms. The van der Waals surface area contributed by atoms with Gasteiger partial charge in [0, 0.05) is 11.3 Å². The number of carbonyl (C=O) groups is 2. The zero-order valence-corrected chi connectivity index (χ0v) is 17.9. The van der Waals surface area contributed by atoms with E-state index in [0.29, 0.717) is 28.1 Å². The summed E-state index contributed by atoms with van der Waals surface area (Å²) in [5.41, 5.74) is 7.85. The molecule has 0 atom stereocenters. The number of hydrogen-bond donors (Lipinski definition) is 3. The first-order valence-electron chi connectivity index (χ1n) is 9.06. The predicted octanol–water partition coefficient (Wildman–Crippen LogP) is 3.06. The van der Waals surface area contributed by atoms with Crippen LogP contribution in [0.4, 0.5) is 5.69 Å².